The van der Waals surface area contributed by atoms with E-state index >= 15 is 0 Å². The SMILES string of the molecule is Cc1ccc([C@H](Br)C=O)c(Cl)n1. The number of halogens is 2. The normalized spacial score (nSPS) is 12.6. The van der Waals surface area contributed by atoms with Gasteiger partial charge in [0.1, 0.15) is 11.4 Å². The minimum Gasteiger partial charge on any atom is -0.302 e. The number of carbonyl (C=O) groups excluding carboxylic acids is 1. The highest BCUT2D eigenvalue weighted by molar-refractivity contribution is 9.09. The fourth-order valence-corrected chi connectivity index (χ4v) is 1.63. The van der Waals surface area contributed by atoms with Crippen molar-refractivity contribution in [2.75, 3.05) is 0 Å². The maximum absolute atomic E-state index is 10.4. The molecule has 0 aromatic carbocycles. The van der Waals surface area contributed by atoms with Crippen molar-refractivity contribution in [1.82, 2.24) is 4.98 Å². The van der Waals surface area contributed by atoms with Gasteiger partial charge in [0.05, 0.1) is 4.83 Å². The molecule has 0 saturated heterocycles. The summed E-state index contributed by atoms with van der Waals surface area (Å²) in [7, 11) is 0. The highest BCUT2D eigenvalue weighted by Gasteiger charge is 2.10. The van der Waals surface area contributed by atoms with Crippen molar-refractivity contribution >= 4 is 33.8 Å². The third kappa shape index (κ3) is 2.05. The Labute approximate surface area is 84.1 Å². The Morgan fingerprint density at radius 2 is 2.33 bits per heavy atom. The molecular formula is C8H7BrClNO. The van der Waals surface area contributed by atoms with Crippen LogP contribution < -0.4 is 0 Å². The van der Waals surface area contributed by atoms with E-state index in [-0.39, 0.29) is 4.83 Å². The van der Waals surface area contributed by atoms with E-state index < -0.39 is 0 Å². The molecule has 1 heterocycles. The highest BCUT2D eigenvalue weighted by atomic mass is 79.9. The molecule has 0 amide bonds. The summed E-state index contributed by atoms with van der Waals surface area (Å²) in [4.78, 5) is 14.1. The lowest BCUT2D eigenvalue weighted by Crippen LogP contribution is -1.94. The quantitative estimate of drug-likeness (QED) is 0.457. The number of nitrogens with zero attached hydrogens (tertiary/aromatic N) is 1. The van der Waals surface area contributed by atoms with Crippen molar-refractivity contribution in [2.24, 2.45) is 0 Å². The molecule has 1 atom stereocenters. The zero-order chi connectivity index (χ0) is 9.14. The van der Waals surface area contributed by atoms with Gasteiger partial charge in [0, 0.05) is 11.3 Å². The van der Waals surface area contributed by atoms with Crippen molar-refractivity contribution in [1.29, 1.82) is 0 Å². The van der Waals surface area contributed by atoms with Crippen LogP contribution in [0.3, 0.4) is 0 Å². The fraction of sp³-hybridized carbons (Fsp3) is 0.250. The smallest absolute Gasteiger partial charge is 0.138 e. The number of pyridine rings is 1. The summed E-state index contributed by atoms with van der Waals surface area (Å²) >= 11 is 8.97. The monoisotopic (exact) mass is 247 g/mol. The lowest BCUT2D eigenvalue weighted by Gasteiger charge is -2.04. The Bertz CT molecular complexity index is 303. The molecule has 0 bridgehead atoms. The second-order valence-electron chi connectivity index (χ2n) is 2.37. The van der Waals surface area contributed by atoms with Gasteiger partial charge in [-0.25, -0.2) is 4.98 Å². The van der Waals surface area contributed by atoms with Crippen molar-refractivity contribution < 1.29 is 4.79 Å². The van der Waals surface area contributed by atoms with Crippen LogP contribution in [0.1, 0.15) is 16.1 Å². The maximum atomic E-state index is 10.4. The summed E-state index contributed by atoms with van der Waals surface area (Å²) in [5.74, 6) is 0. The molecule has 0 N–H and O–H groups in total. The summed E-state index contributed by atoms with van der Waals surface area (Å²) in [6, 6.07) is 3.61. The maximum Gasteiger partial charge on any atom is 0.138 e. The van der Waals surface area contributed by atoms with Crippen molar-refractivity contribution in [2.45, 2.75) is 11.8 Å². The van der Waals surface area contributed by atoms with Gasteiger partial charge in [0.25, 0.3) is 0 Å². The molecular weight excluding hydrogens is 241 g/mol. The average Bonchev–Trinajstić information content (AvgIpc) is 2.03. The van der Waals surface area contributed by atoms with Crippen molar-refractivity contribution in [3.8, 4) is 0 Å². The van der Waals surface area contributed by atoms with E-state index in [1.807, 2.05) is 13.0 Å². The lowest BCUT2D eigenvalue weighted by molar-refractivity contribution is -0.107. The van der Waals surface area contributed by atoms with Crippen LogP contribution in [0.15, 0.2) is 12.1 Å². The summed E-state index contributed by atoms with van der Waals surface area (Å²) in [6.45, 7) is 1.85. The third-order valence-electron chi connectivity index (χ3n) is 1.43. The molecule has 0 spiro atoms. The van der Waals surface area contributed by atoms with E-state index in [1.54, 1.807) is 6.07 Å². The topological polar surface area (TPSA) is 30.0 Å². The summed E-state index contributed by atoms with van der Waals surface area (Å²) < 4.78 is 0. The van der Waals surface area contributed by atoms with Crippen LogP contribution in [0.25, 0.3) is 0 Å². The molecule has 1 rings (SSSR count). The highest BCUT2D eigenvalue weighted by Crippen LogP contribution is 2.26. The van der Waals surface area contributed by atoms with Crippen LogP contribution in [0.4, 0.5) is 0 Å². The Hall–Kier alpha value is -0.410. The van der Waals surface area contributed by atoms with Gasteiger partial charge in [0.15, 0.2) is 0 Å². The van der Waals surface area contributed by atoms with Crippen molar-refractivity contribution in [3.05, 3.63) is 28.5 Å². The van der Waals surface area contributed by atoms with Crippen LogP contribution in [0.2, 0.25) is 5.15 Å². The number of aryl methyl sites for hydroxylation is 1. The van der Waals surface area contributed by atoms with Crippen LogP contribution in [0.5, 0.6) is 0 Å². The summed E-state index contributed by atoms with van der Waals surface area (Å²) in [5, 5.41) is 0.379. The van der Waals surface area contributed by atoms with E-state index in [1.165, 1.54) is 0 Å². The second-order valence-corrected chi connectivity index (χ2v) is 3.72. The van der Waals surface area contributed by atoms with Crippen LogP contribution in [0, 0.1) is 6.92 Å². The van der Waals surface area contributed by atoms with Gasteiger partial charge in [-0.2, -0.15) is 0 Å². The molecule has 4 heteroatoms. The van der Waals surface area contributed by atoms with Crippen molar-refractivity contribution in [3.63, 3.8) is 0 Å². The van der Waals surface area contributed by atoms with Crippen LogP contribution in [-0.2, 0) is 4.79 Å². The van der Waals surface area contributed by atoms with Gasteiger partial charge in [-0.1, -0.05) is 33.6 Å². The largest absolute Gasteiger partial charge is 0.302 e. The lowest BCUT2D eigenvalue weighted by atomic mass is 10.2. The van der Waals surface area contributed by atoms with E-state index in [0.29, 0.717) is 10.7 Å². The number of rotatable bonds is 2. The first-order chi connectivity index (χ1) is 5.65. The van der Waals surface area contributed by atoms with E-state index in [4.69, 9.17) is 11.6 Å². The molecule has 12 heavy (non-hydrogen) atoms. The van der Waals surface area contributed by atoms with Gasteiger partial charge >= 0.3 is 0 Å². The standard InChI is InChI=1S/C8H7BrClNO/c1-5-2-3-6(7(9)4-12)8(10)11-5/h2-4,7H,1H3/t7-/m1/s1. The molecule has 0 unspecified atom stereocenters. The molecule has 0 fully saturated rings. The first-order valence-electron chi connectivity index (χ1n) is 3.37. The fourth-order valence-electron chi connectivity index (χ4n) is 0.815. The summed E-state index contributed by atoms with van der Waals surface area (Å²) in [5.41, 5.74) is 1.55. The Morgan fingerprint density at radius 3 is 2.83 bits per heavy atom. The summed E-state index contributed by atoms with van der Waals surface area (Å²) in [6.07, 6.45) is 0.776. The molecule has 1 aromatic heterocycles. The molecule has 1 aromatic rings. The predicted octanol–water partition coefficient (Wildman–Crippen LogP) is 2.68. The molecule has 2 nitrogen and oxygen atoms in total. The number of carbonyl (C=O) groups is 1. The first-order valence-corrected chi connectivity index (χ1v) is 4.67. The number of hydrogen-bond acceptors (Lipinski definition) is 2. The predicted molar refractivity (Wildman–Crippen MR) is 51.7 cm³/mol. The van der Waals surface area contributed by atoms with Crippen LogP contribution >= 0.6 is 27.5 Å². The Morgan fingerprint density at radius 1 is 1.67 bits per heavy atom. The second kappa shape index (κ2) is 4.01. The molecule has 0 aliphatic heterocycles. The van der Waals surface area contributed by atoms with Gasteiger partial charge in [0.2, 0.25) is 0 Å². The number of hydrogen-bond donors (Lipinski definition) is 0. The van der Waals surface area contributed by atoms with Gasteiger partial charge in [-0.05, 0) is 13.0 Å². The third-order valence-corrected chi connectivity index (χ3v) is 2.45. The zero-order valence-electron chi connectivity index (χ0n) is 6.42. The molecule has 0 aliphatic carbocycles. The number of aldehydes is 1. The Balaban J connectivity index is 3.09. The van der Waals surface area contributed by atoms with Gasteiger partial charge in [-0.15, -0.1) is 0 Å². The van der Waals surface area contributed by atoms with E-state index in [9.17, 15) is 4.79 Å². The minimum atomic E-state index is -0.363. The van der Waals surface area contributed by atoms with Gasteiger partial charge in [-0.3, -0.25) is 0 Å². The minimum absolute atomic E-state index is 0.363. The molecule has 0 saturated carbocycles. The molecule has 0 aliphatic rings. The van der Waals surface area contributed by atoms with E-state index in [0.717, 1.165) is 12.0 Å². The Kier molecular flexibility index (Phi) is 3.23. The zero-order valence-corrected chi connectivity index (χ0v) is 8.76. The molecule has 0 radical (unpaired) electrons. The number of aromatic nitrogens is 1. The first kappa shape index (κ1) is 9.68. The molecule has 64 valence electrons. The van der Waals surface area contributed by atoms with E-state index in [2.05, 4.69) is 20.9 Å². The van der Waals surface area contributed by atoms with Crippen LogP contribution in [-0.4, -0.2) is 11.3 Å². The number of alkyl halides is 1. The van der Waals surface area contributed by atoms with Gasteiger partial charge < -0.3 is 4.79 Å². The average molecular weight is 249 g/mol.